The third kappa shape index (κ3) is 3.79. The molecule has 1 heterocycles. The van der Waals surface area contributed by atoms with Gasteiger partial charge < -0.3 is 16.4 Å². The van der Waals surface area contributed by atoms with Crippen LogP contribution >= 0.6 is 0 Å². The molecule has 0 bridgehead atoms. The normalized spacial score (nSPS) is 10.4. The third-order valence-corrected chi connectivity index (χ3v) is 4.39. The lowest BCUT2D eigenvalue weighted by Gasteiger charge is -2.14. The van der Waals surface area contributed by atoms with E-state index in [2.05, 4.69) is 10.6 Å². The molecule has 3 rings (SSSR count). The second-order valence-corrected chi connectivity index (χ2v) is 6.29. The number of rotatable bonds is 4. The summed E-state index contributed by atoms with van der Waals surface area (Å²) in [6.45, 7) is 0. The molecular weight excluding hydrogens is 374 g/mol. The zero-order chi connectivity index (χ0) is 21.1. The van der Waals surface area contributed by atoms with Crippen molar-refractivity contribution in [1.82, 2.24) is 9.13 Å². The van der Waals surface area contributed by atoms with Crippen LogP contribution in [0.2, 0.25) is 0 Å². The zero-order valence-corrected chi connectivity index (χ0v) is 15.8. The maximum absolute atomic E-state index is 12.8. The van der Waals surface area contributed by atoms with Gasteiger partial charge >= 0.3 is 5.69 Å². The first kappa shape index (κ1) is 19.6. The number of hydrogen-bond donors (Lipinski definition) is 3. The number of aromatic nitrogens is 2. The molecule has 9 nitrogen and oxygen atoms in total. The first-order valence-electron chi connectivity index (χ1n) is 8.63. The molecule has 2 aromatic carbocycles. The predicted molar refractivity (Wildman–Crippen MR) is 110 cm³/mol. The van der Waals surface area contributed by atoms with Gasteiger partial charge in [0.25, 0.3) is 17.4 Å². The Hall–Kier alpha value is -4.14. The van der Waals surface area contributed by atoms with Crippen LogP contribution in [0.15, 0.2) is 64.2 Å². The van der Waals surface area contributed by atoms with Gasteiger partial charge in [-0.15, -0.1) is 0 Å². The average Bonchev–Trinajstić information content (AvgIpc) is 2.72. The Labute approximate surface area is 165 Å². The number of benzene rings is 2. The van der Waals surface area contributed by atoms with Crippen molar-refractivity contribution in [3.05, 3.63) is 86.6 Å². The van der Waals surface area contributed by atoms with Gasteiger partial charge in [-0.25, -0.2) is 4.79 Å². The molecule has 0 atom stereocenters. The lowest BCUT2D eigenvalue weighted by Crippen LogP contribution is -2.42. The fourth-order valence-electron chi connectivity index (χ4n) is 2.77. The van der Waals surface area contributed by atoms with Crippen LogP contribution in [0, 0.1) is 0 Å². The molecule has 9 heteroatoms. The fourth-order valence-corrected chi connectivity index (χ4v) is 2.77. The Kier molecular flexibility index (Phi) is 5.31. The van der Waals surface area contributed by atoms with Crippen molar-refractivity contribution >= 4 is 29.0 Å². The molecule has 0 radical (unpaired) electrons. The Bertz CT molecular complexity index is 1210. The number of amides is 2. The van der Waals surface area contributed by atoms with Crippen molar-refractivity contribution in [2.75, 3.05) is 16.4 Å². The Morgan fingerprint density at radius 3 is 2.14 bits per heavy atom. The van der Waals surface area contributed by atoms with Crippen LogP contribution < -0.4 is 27.6 Å². The van der Waals surface area contributed by atoms with Crippen molar-refractivity contribution in [2.45, 2.75) is 0 Å². The van der Waals surface area contributed by atoms with Gasteiger partial charge in [-0.2, -0.15) is 0 Å². The highest BCUT2D eigenvalue weighted by molar-refractivity contribution is 6.13. The van der Waals surface area contributed by atoms with Crippen LogP contribution in [-0.2, 0) is 14.1 Å². The van der Waals surface area contributed by atoms with Gasteiger partial charge in [-0.3, -0.25) is 23.5 Å². The number of nitrogens with two attached hydrogens (primary N) is 1. The van der Waals surface area contributed by atoms with Gasteiger partial charge in [0.15, 0.2) is 0 Å². The Balaban J connectivity index is 1.95. The van der Waals surface area contributed by atoms with E-state index in [9.17, 15) is 19.2 Å². The number of hydrogen-bond acceptors (Lipinski definition) is 5. The second-order valence-electron chi connectivity index (χ2n) is 6.29. The SMILES string of the molecule is Cn1c(N)c(C(=O)Nc2ccccc2C(=O)Nc2ccccc2)c(=O)n(C)c1=O. The third-order valence-electron chi connectivity index (χ3n) is 4.39. The van der Waals surface area contributed by atoms with Crippen LogP contribution in [0.3, 0.4) is 0 Å². The van der Waals surface area contributed by atoms with Crippen molar-refractivity contribution in [1.29, 1.82) is 0 Å². The summed E-state index contributed by atoms with van der Waals surface area (Å²) in [6, 6.07) is 15.2. The first-order chi connectivity index (χ1) is 13.8. The lowest BCUT2D eigenvalue weighted by atomic mass is 10.1. The molecule has 0 fully saturated rings. The van der Waals surface area contributed by atoms with Crippen LogP contribution in [0.4, 0.5) is 17.2 Å². The second kappa shape index (κ2) is 7.85. The van der Waals surface area contributed by atoms with E-state index in [-0.39, 0.29) is 22.6 Å². The van der Waals surface area contributed by atoms with Crippen molar-refractivity contribution in [3.8, 4) is 0 Å². The summed E-state index contributed by atoms with van der Waals surface area (Å²) in [7, 11) is 2.61. The van der Waals surface area contributed by atoms with E-state index in [0.29, 0.717) is 5.69 Å². The molecule has 0 saturated carbocycles. The summed E-state index contributed by atoms with van der Waals surface area (Å²) < 4.78 is 1.80. The van der Waals surface area contributed by atoms with Gasteiger partial charge in [-0.1, -0.05) is 30.3 Å². The van der Waals surface area contributed by atoms with Gasteiger partial charge in [0.05, 0.1) is 11.3 Å². The largest absolute Gasteiger partial charge is 0.384 e. The van der Waals surface area contributed by atoms with Gasteiger partial charge in [0.1, 0.15) is 11.4 Å². The quantitative estimate of drug-likeness (QED) is 0.613. The molecule has 3 aromatic rings. The van der Waals surface area contributed by atoms with E-state index >= 15 is 0 Å². The predicted octanol–water partition coefficient (Wildman–Crippen LogP) is 1.17. The van der Waals surface area contributed by atoms with Crippen LogP contribution in [-0.4, -0.2) is 20.9 Å². The summed E-state index contributed by atoms with van der Waals surface area (Å²) in [5.41, 5.74) is 4.95. The Morgan fingerprint density at radius 1 is 0.828 bits per heavy atom. The van der Waals surface area contributed by atoms with Crippen molar-refractivity contribution in [2.24, 2.45) is 14.1 Å². The van der Waals surface area contributed by atoms with Crippen LogP contribution in [0.5, 0.6) is 0 Å². The first-order valence-corrected chi connectivity index (χ1v) is 8.63. The van der Waals surface area contributed by atoms with E-state index in [0.717, 1.165) is 9.13 Å². The maximum atomic E-state index is 12.8. The molecule has 0 aliphatic carbocycles. The number of carbonyl (C=O) groups is 2. The molecule has 0 unspecified atom stereocenters. The van der Waals surface area contributed by atoms with E-state index in [1.54, 1.807) is 36.4 Å². The molecule has 0 aliphatic rings. The van der Waals surface area contributed by atoms with E-state index in [1.165, 1.54) is 26.2 Å². The van der Waals surface area contributed by atoms with E-state index in [1.807, 2.05) is 6.07 Å². The van der Waals surface area contributed by atoms with Crippen molar-refractivity contribution in [3.63, 3.8) is 0 Å². The molecule has 4 N–H and O–H groups in total. The number of nitrogens with zero attached hydrogens (tertiary/aromatic N) is 2. The van der Waals surface area contributed by atoms with Crippen LogP contribution in [0.1, 0.15) is 20.7 Å². The minimum absolute atomic E-state index is 0.196. The summed E-state index contributed by atoms with van der Waals surface area (Å²) >= 11 is 0. The number of para-hydroxylation sites is 2. The zero-order valence-electron chi connectivity index (χ0n) is 15.8. The Morgan fingerprint density at radius 2 is 1.45 bits per heavy atom. The highest BCUT2D eigenvalue weighted by Gasteiger charge is 2.22. The molecule has 0 spiro atoms. The number of anilines is 3. The monoisotopic (exact) mass is 393 g/mol. The summed E-state index contributed by atoms with van der Waals surface area (Å²) in [6.07, 6.45) is 0. The summed E-state index contributed by atoms with van der Waals surface area (Å²) in [4.78, 5) is 49.7. The standard InChI is InChI=1S/C20H19N5O4/c1-24-16(21)15(19(28)25(2)20(24)29)18(27)23-14-11-7-6-10-13(14)17(26)22-12-8-4-3-5-9-12/h3-11H,21H2,1-2H3,(H,22,26)(H,23,27). The molecular formula is C20H19N5O4. The number of carbonyl (C=O) groups excluding carboxylic acids is 2. The van der Waals surface area contributed by atoms with Gasteiger partial charge in [0.2, 0.25) is 0 Å². The fraction of sp³-hybridized carbons (Fsp3) is 0.100. The molecule has 29 heavy (non-hydrogen) atoms. The number of nitrogen functional groups attached to an aromatic ring is 1. The van der Waals surface area contributed by atoms with E-state index < -0.39 is 23.1 Å². The lowest BCUT2D eigenvalue weighted by molar-refractivity contribution is 0.102. The average molecular weight is 393 g/mol. The van der Waals surface area contributed by atoms with E-state index in [4.69, 9.17) is 5.73 Å². The maximum Gasteiger partial charge on any atom is 0.332 e. The van der Waals surface area contributed by atoms with Crippen LogP contribution in [0.25, 0.3) is 0 Å². The smallest absolute Gasteiger partial charge is 0.332 e. The molecule has 0 saturated heterocycles. The summed E-state index contributed by atoms with van der Waals surface area (Å²) in [5.74, 6) is -1.52. The summed E-state index contributed by atoms with van der Waals surface area (Å²) in [5, 5.41) is 5.27. The van der Waals surface area contributed by atoms with Gasteiger partial charge in [-0.05, 0) is 24.3 Å². The number of nitrogens with one attached hydrogen (secondary N) is 2. The topological polar surface area (TPSA) is 128 Å². The minimum Gasteiger partial charge on any atom is -0.384 e. The molecule has 148 valence electrons. The van der Waals surface area contributed by atoms with Gasteiger partial charge in [0, 0.05) is 19.8 Å². The highest BCUT2D eigenvalue weighted by atomic mass is 16.2. The minimum atomic E-state index is -0.825. The highest BCUT2D eigenvalue weighted by Crippen LogP contribution is 2.18. The van der Waals surface area contributed by atoms with Crippen molar-refractivity contribution < 1.29 is 9.59 Å². The molecule has 2 amide bonds. The molecule has 1 aromatic heterocycles. The molecule has 0 aliphatic heterocycles.